The number of nitrogens with one attached hydrogen (secondary N) is 2. The Morgan fingerprint density at radius 1 is 1.28 bits per heavy atom. The smallest absolute Gasteiger partial charge is 0.220 e. The fourth-order valence-corrected chi connectivity index (χ4v) is 4.42. The van der Waals surface area contributed by atoms with E-state index in [1.165, 1.54) is 31.2 Å². The van der Waals surface area contributed by atoms with Crippen molar-refractivity contribution in [1.29, 1.82) is 0 Å². The third kappa shape index (κ3) is 5.29. The van der Waals surface area contributed by atoms with Crippen LogP contribution in [0.15, 0.2) is 30.3 Å². The van der Waals surface area contributed by atoms with Crippen LogP contribution < -0.4 is 10.6 Å². The molecule has 1 saturated heterocycles. The van der Waals surface area contributed by atoms with Gasteiger partial charge in [0, 0.05) is 38.6 Å². The summed E-state index contributed by atoms with van der Waals surface area (Å²) >= 11 is 0. The molecule has 4 nitrogen and oxygen atoms in total. The average Bonchev–Trinajstić information content (AvgIpc) is 3.09. The van der Waals surface area contributed by atoms with E-state index < -0.39 is 0 Å². The molecule has 2 fully saturated rings. The van der Waals surface area contributed by atoms with Gasteiger partial charge in [-0.15, -0.1) is 0 Å². The molecule has 1 aliphatic heterocycles. The molecule has 2 aliphatic rings. The van der Waals surface area contributed by atoms with Gasteiger partial charge < -0.3 is 10.6 Å². The van der Waals surface area contributed by atoms with Gasteiger partial charge in [0.25, 0.3) is 0 Å². The van der Waals surface area contributed by atoms with Crippen molar-refractivity contribution in [3.63, 3.8) is 0 Å². The Morgan fingerprint density at radius 3 is 2.76 bits per heavy atom. The summed E-state index contributed by atoms with van der Waals surface area (Å²) < 4.78 is 0. The number of benzene rings is 1. The van der Waals surface area contributed by atoms with Crippen molar-refractivity contribution in [2.75, 3.05) is 33.2 Å². The predicted molar refractivity (Wildman–Crippen MR) is 103 cm³/mol. The highest BCUT2D eigenvalue weighted by molar-refractivity contribution is 5.76. The molecule has 0 radical (unpaired) electrons. The van der Waals surface area contributed by atoms with Crippen LogP contribution in [0.2, 0.25) is 0 Å². The molecule has 25 heavy (non-hydrogen) atoms. The minimum Gasteiger partial charge on any atom is -0.354 e. The highest BCUT2D eigenvalue weighted by atomic mass is 16.1. The summed E-state index contributed by atoms with van der Waals surface area (Å²) in [5, 5.41) is 6.63. The van der Waals surface area contributed by atoms with Gasteiger partial charge in [-0.3, -0.25) is 9.69 Å². The van der Waals surface area contributed by atoms with Gasteiger partial charge in [-0.25, -0.2) is 0 Å². The molecule has 2 N–H and O–H groups in total. The zero-order valence-corrected chi connectivity index (χ0v) is 15.6. The first kappa shape index (κ1) is 18.4. The highest BCUT2D eigenvalue weighted by Gasteiger charge is 2.35. The first-order valence-electron chi connectivity index (χ1n) is 9.88. The lowest BCUT2D eigenvalue weighted by Crippen LogP contribution is -2.54. The van der Waals surface area contributed by atoms with E-state index in [2.05, 4.69) is 52.9 Å². The molecule has 1 aromatic carbocycles. The third-order valence-electron chi connectivity index (χ3n) is 6.17. The normalized spacial score (nSPS) is 23.5. The first-order valence-corrected chi connectivity index (χ1v) is 9.88. The molecule has 1 unspecified atom stereocenters. The van der Waals surface area contributed by atoms with Gasteiger partial charge in [0.2, 0.25) is 5.91 Å². The average molecular weight is 344 g/mol. The van der Waals surface area contributed by atoms with E-state index in [1.807, 2.05) is 0 Å². The number of carbonyl (C=O) groups is 1. The van der Waals surface area contributed by atoms with E-state index in [1.54, 1.807) is 0 Å². The topological polar surface area (TPSA) is 44.4 Å². The minimum atomic E-state index is 0.219. The Balaban J connectivity index is 1.49. The minimum absolute atomic E-state index is 0.219. The summed E-state index contributed by atoms with van der Waals surface area (Å²) in [7, 11) is 2.15. The number of piperazine rings is 1. The Bertz CT molecular complexity index is 539. The quantitative estimate of drug-likeness (QED) is 0.800. The van der Waals surface area contributed by atoms with E-state index in [-0.39, 0.29) is 11.3 Å². The van der Waals surface area contributed by atoms with Crippen molar-refractivity contribution in [1.82, 2.24) is 15.5 Å². The van der Waals surface area contributed by atoms with Gasteiger partial charge in [-0.2, -0.15) is 0 Å². The molecule has 1 aliphatic carbocycles. The van der Waals surface area contributed by atoms with Crippen molar-refractivity contribution in [2.45, 2.75) is 51.0 Å². The zero-order chi connectivity index (χ0) is 17.5. The van der Waals surface area contributed by atoms with Gasteiger partial charge >= 0.3 is 0 Å². The van der Waals surface area contributed by atoms with Crippen molar-refractivity contribution in [2.24, 2.45) is 5.41 Å². The van der Waals surface area contributed by atoms with E-state index in [4.69, 9.17) is 0 Å². The maximum absolute atomic E-state index is 12.6. The van der Waals surface area contributed by atoms with Crippen molar-refractivity contribution in [3.8, 4) is 0 Å². The second-order valence-electron chi connectivity index (χ2n) is 8.01. The van der Waals surface area contributed by atoms with Crippen LogP contribution in [0.4, 0.5) is 0 Å². The summed E-state index contributed by atoms with van der Waals surface area (Å²) in [4.78, 5) is 15.0. The zero-order valence-electron chi connectivity index (χ0n) is 15.6. The monoisotopic (exact) mass is 343 g/mol. The standard InChI is InChI=1S/C21H33N3O/c1-24-14-13-22-16-19(24)17-23-20(25)15-21(10-5-6-11-21)12-9-18-7-3-2-4-8-18/h2-4,7-8,19,22H,5-6,9-17H2,1H3,(H,23,25). The molecule has 0 spiro atoms. The van der Waals surface area contributed by atoms with Crippen molar-refractivity contribution in [3.05, 3.63) is 35.9 Å². The summed E-state index contributed by atoms with van der Waals surface area (Å²) in [5.41, 5.74) is 1.61. The molecule has 138 valence electrons. The summed E-state index contributed by atoms with van der Waals surface area (Å²) in [6, 6.07) is 11.1. The van der Waals surface area contributed by atoms with Crippen molar-refractivity contribution >= 4 is 5.91 Å². The fourth-order valence-electron chi connectivity index (χ4n) is 4.42. The predicted octanol–water partition coefficient (Wildman–Crippen LogP) is 2.59. The molecule has 1 saturated carbocycles. The number of rotatable bonds is 7. The molecule has 0 bridgehead atoms. The lowest BCUT2D eigenvalue weighted by Gasteiger charge is -2.34. The Morgan fingerprint density at radius 2 is 2.04 bits per heavy atom. The number of carbonyl (C=O) groups excluding carboxylic acids is 1. The lowest BCUT2D eigenvalue weighted by molar-refractivity contribution is -0.123. The molecule has 1 amide bonds. The molecule has 0 aromatic heterocycles. The Labute approximate surface area is 152 Å². The van der Waals surface area contributed by atoms with Crippen LogP contribution in [-0.2, 0) is 11.2 Å². The van der Waals surface area contributed by atoms with E-state index >= 15 is 0 Å². The molecule has 3 rings (SSSR count). The third-order valence-corrected chi connectivity index (χ3v) is 6.17. The Hall–Kier alpha value is -1.39. The van der Waals surface area contributed by atoms with Crippen LogP contribution >= 0.6 is 0 Å². The van der Waals surface area contributed by atoms with Crippen LogP contribution in [0.25, 0.3) is 0 Å². The maximum atomic E-state index is 12.6. The summed E-state index contributed by atoms with van der Waals surface area (Å²) in [6.45, 7) is 3.83. The van der Waals surface area contributed by atoms with Gasteiger partial charge in [0.1, 0.15) is 0 Å². The largest absolute Gasteiger partial charge is 0.354 e. The van der Waals surface area contributed by atoms with Gasteiger partial charge in [-0.1, -0.05) is 43.2 Å². The second-order valence-corrected chi connectivity index (χ2v) is 8.01. The molecular formula is C21H33N3O. The number of amides is 1. The number of hydrogen-bond acceptors (Lipinski definition) is 3. The number of aryl methyl sites for hydroxylation is 1. The van der Waals surface area contributed by atoms with Crippen LogP contribution in [0.1, 0.15) is 44.1 Å². The summed E-state index contributed by atoms with van der Waals surface area (Å²) in [5.74, 6) is 0.244. The highest BCUT2D eigenvalue weighted by Crippen LogP contribution is 2.44. The molecular weight excluding hydrogens is 310 g/mol. The molecule has 1 atom stereocenters. The van der Waals surface area contributed by atoms with Crippen molar-refractivity contribution < 1.29 is 4.79 Å². The SMILES string of the molecule is CN1CCNCC1CNC(=O)CC1(CCc2ccccc2)CCCC1. The van der Waals surface area contributed by atoms with Crippen LogP contribution in [-0.4, -0.2) is 50.1 Å². The lowest BCUT2D eigenvalue weighted by atomic mass is 9.77. The fraction of sp³-hybridized carbons (Fsp3) is 0.667. The number of likely N-dealkylation sites (N-methyl/N-ethyl adjacent to an activating group) is 1. The molecule has 4 heteroatoms. The van der Waals surface area contributed by atoms with E-state index in [0.29, 0.717) is 12.5 Å². The maximum Gasteiger partial charge on any atom is 0.220 e. The summed E-state index contributed by atoms with van der Waals surface area (Å²) in [6.07, 6.45) is 7.88. The van der Waals surface area contributed by atoms with Gasteiger partial charge in [-0.05, 0) is 43.7 Å². The van der Waals surface area contributed by atoms with Crippen LogP contribution in [0.5, 0.6) is 0 Å². The van der Waals surface area contributed by atoms with E-state index in [9.17, 15) is 4.79 Å². The van der Waals surface area contributed by atoms with Crippen LogP contribution in [0.3, 0.4) is 0 Å². The van der Waals surface area contributed by atoms with Gasteiger partial charge in [0.05, 0.1) is 0 Å². The van der Waals surface area contributed by atoms with Crippen LogP contribution in [0, 0.1) is 5.41 Å². The number of hydrogen-bond donors (Lipinski definition) is 2. The van der Waals surface area contributed by atoms with Gasteiger partial charge in [0.15, 0.2) is 0 Å². The first-order chi connectivity index (χ1) is 12.2. The second kappa shape index (κ2) is 8.81. The Kier molecular flexibility index (Phi) is 6.49. The molecule has 1 heterocycles. The van der Waals surface area contributed by atoms with E-state index in [0.717, 1.165) is 39.0 Å². The number of nitrogens with zero attached hydrogens (tertiary/aromatic N) is 1. The molecule has 1 aromatic rings.